The van der Waals surface area contributed by atoms with Crippen LogP contribution in [0.2, 0.25) is 0 Å². The number of carbonyl (C=O) groups is 1. The van der Waals surface area contributed by atoms with Gasteiger partial charge in [-0.2, -0.15) is 0 Å². The summed E-state index contributed by atoms with van der Waals surface area (Å²) >= 11 is 0. The van der Waals surface area contributed by atoms with E-state index in [9.17, 15) is 4.79 Å². The molecule has 0 bridgehead atoms. The fourth-order valence-corrected chi connectivity index (χ4v) is 2.34. The zero-order valence-electron chi connectivity index (χ0n) is 9.83. The Labute approximate surface area is 92.2 Å². The standard InChI is InChI=1S/C11H23N3O/c1-3-10(11(12)15)14-7-5-9(6-8-14)13-4-2/h9-10,13H,3-8H2,1-2H3,(H2,12,15). The number of nitrogens with one attached hydrogen (secondary N) is 1. The average molecular weight is 213 g/mol. The zero-order chi connectivity index (χ0) is 11.3. The van der Waals surface area contributed by atoms with Gasteiger partial charge in [0.05, 0.1) is 6.04 Å². The van der Waals surface area contributed by atoms with Gasteiger partial charge in [0, 0.05) is 19.1 Å². The summed E-state index contributed by atoms with van der Waals surface area (Å²) in [6.45, 7) is 7.15. The summed E-state index contributed by atoms with van der Waals surface area (Å²) < 4.78 is 0. The van der Waals surface area contributed by atoms with Crippen LogP contribution in [0.15, 0.2) is 0 Å². The van der Waals surface area contributed by atoms with Gasteiger partial charge in [-0.15, -0.1) is 0 Å². The number of hydrogen-bond acceptors (Lipinski definition) is 3. The lowest BCUT2D eigenvalue weighted by Crippen LogP contribution is -2.50. The van der Waals surface area contributed by atoms with Crippen LogP contribution < -0.4 is 11.1 Å². The lowest BCUT2D eigenvalue weighted by molar-refractivity contribution is -0.123. The smallest absolute Gasteiger partial charge is 0.234 e. The van der Waals surface area contributed by atoms with Gasteiger partial charge < -0.3 is 11.1 Å². The number of piperidine rings is 1. The summed E-state index contributed by atoms with van der Waals surface area (Å²) in [5, 5.41) is 3.45. The summed E-state index contributed by atoms with van der Waals surface area (Å²) in [5.41, 5.74) is 5.38. The van der Waals surface area contributed by atoms with Crippen molar-refractivity contribution in [1.29, 1.82) is 0 Å². The van der Waals surface area contributed by atoms with E-state index in [1.165, 1.54) is 0 Å². The topological polar surface area (TPSA) is 58.4 Å². The SMILES string of the molecule is CCNC1CCN(C(CC)C(N)=O)CC1. The maximum Gasteiger partial charge on any atom is 0.234 e. The molecule has 1 unspecified atom stereocenters. The Morgan fingerprint density at radius 2 is 2.07 bits per heavy atom. The molecule has 1 aliphatic heterocycles. The van der Waals surface area contributed by atoms with Gasteiger partial charge in [0.25, 0.3) is 0 Å². The first kappa shape index (κ1) is 12.5. The normalized spacial score (nSPS) is 21.5. The van der Waals surface area contributed by atoms with Crippen LogP contribution in [-0.4, -0.2) is 42.5 Å². The molecule has 0 saturated carbocycles. The molecular weight excluding hydrogens is 190 g/mol. The first-order valence-corrected chi connectivity index (χ1v) is 5.95. The third kappa shape index (κ3) is 3.47. The maximum absolute atomic E-state index is 11.2. The molecule has 1 saturated heterocycles. The maximum atomic E-state index is 11.2. The van der Waals surface area contributed by atoms with Gasteiger partial charge in [-0.25, -0.2) is 0 Å². The average Bonchev–Trinajstić information content (AvgIpc) is 2.21. The number of likely N-dealkylation sites (tertiary alicyclic amines) is 1. The minimum Gasteiger partial charge on any atom is -0.368 e. The molecule has 1 amide bonds. The number of carbonyl (C=O) groups excluding carboxylic acids is 1. The van der Waals surface area contributed by atoms with Crippen LogP contribution >= 0.6 is 0 Å². The fraction of sp³-hybridized carbons (Fsp3) is 0.909. The van der Waals surface area contributed by atoms with Gasteiger partial charge in [-0.05, 0) is 25.8 Å². The summed E-state index contributed by atoms with van der Waals surface area (Å²) in [7, 11) is 0. The summed E-state index contributed by atoms with van der Waals surface area (Å²) in [6, 6.07) is 0.559. The minimum atomic E-state index is -0.181. The van der Waals surface area contributed by atoms with Gasteiger partial charge in [0.1, 0.15) is 0 Å². The Morgan fingerprint density at radius 1 is 1.47 bits per heavy atom. The van der Waals surface area contributed by atoms with E-state index in [4.69, 9.17) is 5.73 Å². The summed E-state index contributed by atoms with van der Waals surface area (Å²) in [5.74, 6) is -0.181. The number of nitrogens with zero attached hydrogens (tertiary/aromatic N) is 1. The van der Waals surface area contributed by atoms with Gasteiger partial charge >= 0.3 is 0 Å². The second kappa shape index (κ2) is 6.08. The van der Waals surface area contributed by atoms with Crippen LogP contribution in [0.1, 0.15) is 33.1 Å². The van der Waals surface area contributed by atoms with Crippen molar-refractivity contribution in [3.05, 3.63) is 0 Å². The Hall–Kier alpha value is -0.610. The van der Waals surface area contributed by atoms with Crippen molar-refractivity contribution in [1.82, 2.24) is 10.2 Å². The highest BCUT2D eigenvalue weighted by Crippen LogP contribution is 2.14. The zero-order valence-corrected chi connectivity index (χ0v) is 9.83. The molecule has 1 heterocycles. The third-order valence-electron chi connectivity index (χ3n) is 3.18. The largest absolute Gasteiger partial charge is 0.368 e. The van der Waals surface area contributed by atoms with Gasteiger partial charge in [0.2, 0.25) is 5.91 Å². The van der Waals surface area contributed by atoms with Crippen LogP contribution in [0.25, 0.3) is 0 Å². The molecule has 1 rings (SSSR count). The molecule has 0 aromatic heterocycles. The van der Waals surface area contributed by atoms with E-state index in [2.05, 4.69) is 17.1 Å². The molecule has 0 aromatic carbocycles. The molecule has 0 radical (unpaired) electrons. The van der Waals surface area contributed by atoms with E-state index < -0.39 is 0 Å². The second-order valence-electron chi connectivity index (χ2n) is 4.19. The molecule has 3 N–H and O–H groups in total. The highest BCUT2D eigenvalue weighted by molar-refractivity contribution is 5.79. The lowest BCUT2D eigenvalue weighted by atomic mass is 10.0. The molecule has 0 aliphatic carbocycles. The molecular formula is C11H23N3O. The number of nitrogens with two attached hydrogens (primary N) is 1. The number of amides is 1. The highest BCUT2D eigenvalue weighted by Gasteiger charge is 2.26. The van der Waals surface area contributed by atoms with E-state index in [0.717, 1.165) is 38.9 Å². The molecule has 0 spiro atoms. The van der Waals surface area contributed by atoms with E-state index in [0.29, 0.717) is 6.04 Å². The molecule has 88 valence electrons. The summed E-state index contributed by atoms with van der Waals surface area (Å²) in [6.07, 6.45) is 3.07. The second-order valence-corrected chi connectivity index (χ2v) is 4.19. The minimum absolute atomic E-state index is 0.0624. The van der Waals surface area contributed by atoms with E-state index in [1.54, 1.807) is 0 Å². The van der Waals surface area contributed by atoms with Crippen LogP contribution in [0.4, 0.5) is 0 Å². The monoisotopic (exact) mass is 213 g/mol. The van der Waals surface area contributed by atoms with Crippen LogP contribution in [0.5, 0.6) is 0 Å². The Bertz CT molecular complexity index is 200. The first-order chi connectivity index (χ1) is 7.19. The Kier molecular flexibility index (Phi) is 5.05. The third-order valence-corrected chi connectivity index (χ3v) is 3.18. The van der Waals surface area contributed by atoms with Crippen molar-refractivity contribution in [2.45, 2.75) is 45.2 Å². The van der Waals surface area contributed by atoms with Crippen molar-refractivity contribution in [3.8, 4) is 0 Å². The van der Waals surface area contributed by atoms with Crippen molar-refractivity contribution in [2.75, 3.05) is 19.6 Å². The number of primary amides is 1. The molecule has 0 aromatic rings. The van der Waals surface area contributed by atoms with E-state index in [-0.39, 0.29) is 11.9 Å². The lowest BCUT2D eigenvalue weighted by Gasteiger charge is -2.36. The molecule has 15 heavy (non-hydrogen) atoms. The highest BCUT2D eigenvalue weighted by atomic mass is 16.1. The molecule has 1 fully saturated rings. The fourth-order valence-electron chi connectivity index (χ4n) is 2.34. The Balaban J connectivity index is 2.38. The summed E-state index contributed by atoms with van der Waals surface area (Å²) in [4.78, 5) is 13.4. The van der Waals surface area contributed by atoms with Crippen LogP contribution in [0, 0.1) is 0 Å². The predicted octanol–water partition coefficient (Wildman–Crippen LogP) is 0.324. The predicted molar refractivity (Wildman–Crippen MR) is 61.5 cm³/mol. The molecule has 1 aliphatic rings. The van der Waals surface area contributed by atoms with Gasteiger partial charge in [0.15, 0.2) is 0 Å². The van der Waals surface area contributed by atoms with E-state index >= 15 is 0 Å². The molecule has 1 atom stereocenters. The number of hydrogen-bond donors (Lipinski definition) is 2. The van der Waals surface area contributed by atoms with Gasteiger partial charge in [-0.3, -0.25) is 9.69 Å². The Morgan fingerprint density at radius 3 is 2.47 bits per heavy atom. The quantitative estimate of drug-likeness (QED) is 0.691. The van der Waals surface area contributed by atoms with Crippen molar-refractivity contribution in [2.24, 2.45) is 5.73 Å². The van der Waals surface area contributed by atoms with Gasteiger partial charge in [-0.1, -0.05) is 13.8 Å². The number of rotatable bonds is 5. The van der Waals surface area contributed by atoms with Crippen LogP contribution in [-0.2, 0) is 4.79 Å². The molecule has 4 heteroatoms. The van der Waals surface area contributed by atoms with Crippen molar-refractivity contribution >= 4 is 5.91 Å². The van der Waals surface area contributed by atoms with Crippen LogP contribution in [0.3, 0.4) is 0 Å². The van der Waals surface area contributed by atoms with Crippen molar-refractivity contribution < 1.29 is 4.79 Å². The first-order valence-electron chi connectivity index (χ1n) is 5.95. The molecule has 4 nitrogen and oxygen atoms in total. The van der Waals surface area contributed by atoms with Crippen molar-refractivity contribution in [3.63, 3.8) is 0 Å². The van der Waals surface area contributed by atoms with E-state index in [1.807, 2.05) is 6.92 Å².